The van der Waals surface area contributed by atoms with E-state index in [2.05, 4.69) is 4.98 Å². The van der Waals surface area contributed by atoms with Crippen molar-refractivity contribution in [3.63, 3.8) is 0 Å². The van der Waals surface area contributed by atoms with Gasteiger partial charge in [-0.1, -0.05) is 0 Å². The van der Waals surface area contributed by atoms with E-state index in [-0.39, 0.29) is 24.4 Å². The topological polar surface area (TPSA) is 79.5 Å². The number of hydrogen-bond donors (Lipinski definition) is 1. The van der Waals surface area contributed by atoms with Crippen LogP contribution in [-0.4, -0.2) is 45.7 Å². The van der Waals surface area contributed by atoms with Gasteiger partial charge < -0.3 is 15.5 Å². The third-order valence-corrected chi connectivity index (χ3v) is 4.48. The second-order valence-corrected chi connectivity index (χ2v) is 6.10. The molecule has 1 atom stereocenters. The number of piperazine rings is 1. The van der Waals surface area contributed by atoms with E-state index in [0.29, 0.717) is 11.7 Å². The lowest BCUT2D eigenvalue weighted by Gasteiger charge is -2.42. The zero-order valence-corrected chi connectivity index (χ0v) is 11.4. The lowest BCUT2D eigenvalue weighted by Crippen LogP contribution is -2.60. The van der Waals surface area contributed by atoms with E-state index in [1.54, 1.807) is 16.0 Å². The second kappa shape index (κ2) is 4.80. The molecule has 0 spiro atoms. The van der Waals surface area contributed by atoms with Crippen LogP contribution in [0.3, 0.4) is 0 Å². The maximum atomic E-state index is 12.4. The van der Waals surface area contributed by atoms with Gasteiger partial charge in [0.25, 0.3) is 0 Å². The predicted octanol–water partition coefficient (Wildman–Crippen LogP) is 0.449. The molecule has 0 aromatic carbocycles. The first-order chi connectivity index (χ1) is 9.15. The second-order valence-electron chi connectivity index (χ2n) is 4.96. The Morgan fingerprint density at radius 3 is 3.00 bits per heavy atom. The van der Waals surface area contributed by atoms with Crippen LogP contribution in [0.4, 0.5) is 5.13 Å². The molecule has 0 bridgehead atoms. The van der Waals surface area contributed by atoms with Gasteiger partial charge in [-0.2, -0.15) is 0 Å². The Balaban J connectivity index is 1.75. The van der Waals surface area contributed by atoms with Crippen molar-refractivity contribution in [1.29, 1.82) is 0 Å². The molecular formula is C12H16N4O2S. The van der Waals surface area contributed by atoms with E-state index < -0.39 is 0 Å². The van der Waals surface area contributed by atoms with Crippen LogP contribution in [-0.2, 0) is 16.1 Å². The van der Waals surface area contributed by atoms with Gasteiger partial charge in [0.15, 0.2) is 5.13 Å². The number of nitrogen functional groups attached to an aromatic ring is 1. The summed E-state index contributed by atoms with van der Waals surface area (Å²) >= 11 is 1.36. The molecule has 2 aliphatic heterocycles. The van der Waals surface area contributed by atoms with Crippen molar-refractivity contribution in [2.24, 2.45) is 0 Å². The number of carbonyl (C=O) groups excluding carboxylic acids is 2. The fraction of sp³-hybridized carbons (Fsp3) is 0.583. The van der Waals surface area contributed by atoms with Gasteiger partial charge in [-0.25, -0.2) is 4.98 Å². The standard InChI is InChI=1S/C12H16N4O2S/c13-12-14-5-8(19-12)6-15-7-10(17)16-4-2-1-3-9(16)11(15)18/h5,9H,1-4,6-7H2,(H2,13,14). The fourth-order valence-corrected chi connectivity index (χ4v) is 3.45. The third-order valence-electron chi connectivity index (χ3n) is 3.66. The number of carbonyl (C=O) groups is 2. The molecule has 1 unspecified atom stereocenters. The molecule has 2 amide bonds. The van der Waals surface area contributed by atoms with Crippen molar-refractivity contribution in [2.75, 3.05) is 18.8 Å². The summed E-state index contributed by atoms with van der Waals surface area (Å²) in [5, 5.41) is 0.491. The molecule has 1 aromatic heterocycles. The molecule has 0 radical (unpaired) electrons. The van der Waals surface area contributed by atoms with Gasteiger partial charge in [-0.05, 0) is 19.3 Å². The minimum atomic E-state index is -0.250. The zero-order valence-electron chi connectivity index (χ0n) is 10.5. The summed E-state index contributed by atoms with van der Waals surface area (Å²) < 4.78 is 0. The lowest BCUT2D eigenvalue weighted by molar-refractivity contribution is -0.158. The molecule has 2 N–H and O–H groups in total. The van der Waals surface area contributed by atoms with Crippen LogP contribution in [0, 0.1) is 0 Å². The van der Waals surface area contributed by atoms with Gasteiger partial charge in [0, 0.05) is 17.6 Å². The van der Waals surface area contributed by atoms with Gasteiger partial charge in [-0.15, -0.1) is 11.3 Å². The van der Waals surface area contributed by atoms with E-state index in [0.717, 1.165) is 30.7 Å². The molecule has 2 fully saturated rings. The van der Waals surface area contributed by atoms with Crippen LogP contribution in [0.5, 0.6) is 0 Å². The summed E-state index contributed by atoms with van der Waals surface area (Å²) in [5.74, 6) is 0.119. The summed E-state index contributed by atoms with van der Waals surface area (Å²) in [5.41, 5.74) is 5.58. The summed E-state index contributed by atoms with van der Waals surface area (Å²) in [6.45, 7) is 1.33. The lowest BCUT2D eigenvalue weighted by atomic mass is 9.98. The number of nitrogens with two attached hydrogens (primary N) is 1. The Bertz CT molecular complexity index is 516. The molecule has 102 valence electrons. The van der Waals surface area contributed by atoms with Gasteiger partial charge in [0.05, 0.1) is 6.54 Å². The number of anilines is 1. The number of hydrogen-bond acceptors (Lipinski definition) is 5. The monoisotopic (exact) mass is 280 g/mol. The normalized spacial score (nSPS) is 23.7. The Hall–Kier alpha value is -1.63. The minimum absolute atomic E-state index is 0.0572. The summed E-state index contributed by atoms with van der Waals surface area (Å²) in [6, 6.07) is -0.250. The molecule has 2 aliphatic rings. The molecule has 6 nitrogen and oxygen atoms in total. The van der Waals surface area contributed by atoms with Crippen molar-refractivity contribution in [3.8, 4) is 0 Å². The molecule has 0 saturated carbocycles. The van der Waals surface area contributed by atoms with E-state index in [4.69, 9.17) is 5.73 Å². The van der Waals surface area contributed by atoms with E-state index in [1.807, 2.05) is 0 Å². The summed E-state index contributed by atoms with van der Waals surface area (Å²) in [6.07, 6.45) is 4.47. The summed E-state index contributed by atoms with van der Waals surface area (Å²) in [7, 11) is 0. The van der Waals surface area contributed by atoms with Crippen LogP contribution in [0.1, 0.15) is 24.1 Å². The Labute approximate surface area is 115 Å². The highest BCUT2D eigenvalue weighted by Crippen LogP contribution is 2.25. The number of amides is 2. The van der Waals surface area contributed by atoms with Crippen LogP contribution < -0.4 is 5.73 Å². The van der Waals surface area contributed by atoms with E-state index in [9.17, 15) is 9.59 Å². The third kappa shape index (κ3) is 2.30. The molecule has 2 saturated heterocycles. The number of thiazole rings is 1. The van der Waals surface area contributed by atoms with E-state index >= 15 is 0 Å². The minimum Gasteiger partial charge on any atom is -0.375 e. The van der Waals surface area contributed by atoms with Crippen molar-refractivity contribution in [1.82, 2.24) is 14.8 Å². The molecule has 1 aromatic rings. The number of piperidine rings is 1. The van der Waals surface area contributed by atoms with Crippen molar-refractivity contribution in [2.45, 2.75) is 31.8 Å². The largest absolute Gasteiger partial charge is 0.375 e. The van der Waals surface area contributed by atoms with Crippen LogP contribution in [0.25, 0.3) is 0 Å². The van der Waals surface area contributed by atoms with Gasteiger partial charge in [-0.3, -0.25) is 9.59 Å². The maximum absolute atomic E-state index is 12.4. The highest BCUT2D eigenvalue weighted by molar-refractivity contribution is 7.15. The molecular weight excluding hydrogens is 264 g/mol. The highest BCUT2D eigenvalue weighted by Gasteiger charge is 2.40. The number of nitrogens with zero attached hydrogens (tertiary/aromatic N) is 3. The molecule has 0 aliphatic carbocycles. The van der Waals surface area contributed by atoms with Crippen molar-refractivity contribution >= 4 is 28.3 Å². The zero-order chi connectivity index (χ0) is 13.4. The Kier molecular flexibility index (Phi) is 3.14. The van der Waals surface area contributed by atoms with Crippen molar-refractivity contribution in [3.05, 3.63) is 11.1 Å². The summed E-state index contributed by atoms with van der Waals surface area (Å²) in [4.78, 5) is 32.7. The molecule has 3 rings (SSSR count). The Morgan fingerprint density at radius 2 is 2.26 bits per heavy atom. The smallest absolute Gasteiger partial charge is 0.246 e. The maximum Gasteiger partial charge on any atom is 0.246 e. The van der Waals surface area contributed by atoms with Gasteiger partial charge in [0.2, 0.25) is 11.8 Å². The number of aromatic nitrogens is 1. The molecule has 3 heterocycles. The number of fused-ring (bicyclic) bond motifs is 1. The van der Waals surface area contributed by atoms with Crippen LogP contribution in [0.2, 0.25) is 0 Å². The van der Waals surface area contributed by atoms with Crippen LogP contribution >= 0.6 is 11.3 Å². The molecule has 7 heteroatoms. The van der Waals surface area contributed by atoms with Crippen molar-refractivity contribution < 1.29 is 9.59 Å². The van der Waals surface area contributed by atoms with Gasteiger partial charge >= 0.3 is 0 Å². The Morgan fingerprint density at radius 1 is 1.42 bits per heavy atom. The van der Waals surface area contributed by atoms with Crippen LogP contribution in [0.15, 0.2) is 6.20 Å². The SMILES string of the molecule is Nc1ncc(CN2CC(=O)N3CCCCC3C2=O)s1. The predicted molar refractivity (Wildman–Crippen MR) is 71.3 cm³/mol. The number of rotatable bonds is 2. The van der Waals surface area contributed by atoms with Gasteiger partial charge in [0.1, 0.15) is 12.6 Å². The average molecular weight is 280 g/mol. The molecule has 19 heavy (non-hydrogen) atoms. The fourth-order valence-electron chi connectivity index (χ4n) is 2.75. The first-order valence-corrected chi connectivity index (χ1v) is 7.25. The first-order valence-electron chi connectivity index (χ1n) is 6.43. The first kappa shape index (κ1) is 12.4. The van der Waals surface area contributed by atoms with E-state index in [1.165, 1.54) is 11.3 Å². The quantitative estimate of drug-likeness (QED) is 0.853. The average Bonchev–Trinajstić information content (AvgIpc) is 2.81. The highest BCUT2D eigenvalue weighted by atomic mass is 32.1.